The van der Waals surface area contributed by atoms with E-state index < -0.39 is 4.92 Å². The van der Waals surface area contributed by atoms with Gasteiger partial charge in [-0.15, -0.1) is 0 Å². The van der Waals surface area contributed by atoms with Gasteiger partial charge in [-0.25, -0.2) is 0 Å². The van der Waals surface area contributed by atoms with Gasteiger partial charge < -0.3 is 15.8 Å². The second-order valence-electron chi connectivity index (χ2n) is 4.67. The zero-order chi connectivity index (χ0) is 15.7. The number of anilines is 1. The van der Waals surface area contributed by atoms with Crippen molar-refractivity contribution in [3.8, 4) is 5.75 Å². The van der Waals surface area contributed by atoms with E-state index in [0.29, 0.717) is 37.4 Å². The Morgan fingerprint density at radius 3 is 2.76 bits per heavy atom. The summed E-state index contributed by atoms with van der Waals surface area (Å²) in [5.74, 6) is 0.159. The molecule has 1 rings (SSSR count). The van der Waals surface area contributed by atoms with Gasteiger partial charge in [-0.2, -0.15) is 0 Å². The van der Waals surface area contributed by atoms with Gasteiger partial charge >= 0.3 is 0 Å². The van der Waals surface area contributed by atoms with E-state index >= 15 is 0 Å². The number of amides is 1. The van der Waals surface area contributed by atoms with Gasteiger partial charge in [-0.1, -0.05) is 6.92 Å². The van der Waals surface area contributed by atoms with Crippen molar-refractivity contribution in [1.82, 2.24) is 0 Å². The summed E-state index contributed by atoms with van der Waals surface area (Å²) < 4.78 is 5.44. The van der Waals surface area contributed by atoms with Gasteiger partial charge in [0.25, 0.3) is 5.69 Å². The Labute approximate surface area is 123 Å². The van der Waals surface area contributed by atoms with Gasteiger partial charge in [-0.3, -0.25) is 14.9 Å². The molecule has 0 aliphatic carbocycles. The maximum atomic E-state index is 10.9. The number of benzene rings is 1. The molecule has 0 heterocycles. The van der Waals surface area contributed by atoms with E-state index in [1.807, 2.05) is 6.92 Å². The summed E-state index contributed by atoms with van der Waals surface area (Å²) in [5, 5.41) is 14.0. The van der Waals surface area contributed by atoms with Crippen LogP contribution in [0.4, 0.5) is 11.4 Å². The first kappa shape index (κ1) is 16.7. The Balaban J connectivity index is 2.60. The minimum absolute atomic E-state index is 0.0109. The van der Waals surface area contributed by atoms with Gasteiger partial charge in [0, 0.05) is 30.8 Å². The first-order chi connectivity index (χ1) is 10.0. The normalized spacial score (nSPS) is 10.1. The summed E-state index contributed by atoms with van der Waals surface area (Å²) in [6.07, 6.45) is 2.63. The van der Waals surface area contributed by atoms with E-state index in [1.165, 1.54) is 12.1 Å². The van der Waals surface area contributed by atoms with Crippen LogP contribution in [-0.2, 0) is 4.79 Å². The van der Waals surface area contributed by atoms with E-state index in [0.717, 1.165) is 12.8 Å². The molecule has 1 aromatic rings. The number of hydrogen-bond donors (Lipinski definition) is 2. The maximum absolute atomic E-state index is 10.9. The van der Waals surface area contributed by atoms with E-state index in [-0.39, 0.29) is 11.6 Å². The van der Waals surface area contributed by atoms with Crippen molar-refractivity contribution >= 4 is 17.3 Å². The van der Waals surface area contributed by atoms with E-state index in [4.69, 9.17) is 10.5 Å². The van der Waals surface area contributed by atoms with Gasteiger partial charge in [0.05, 0.1) is 17.6 Å². The number of nitrogens with two attached hydrogens (primary N) is 1. The third kappa shape index (κ3) is 6.60. The number of non-ortho nitro benzene ring substituents is 1. The minimum atomic E-state index is -0.447. The molecule has 1 aromatic carbocycles. The molecule has 0 aliphatic heterocycles. The van der Waals surface area contributed by atoms with Crippen LogP contribution < -0.4 is 15.8 Å². The number of nitro groups is 1. The molecule has 7 nitrogen and oxygen atoms in total. The fourth-order valence-corrected chi connectivity index (χ4v) is 1.75. The van der Waals surface area contributed by atoms with Crippen LogP contribution in [0.15, 0.2) is 18.2 Å². The Bertz CT molecular complexity index is 491. The predicted octanol–water partition coefficient (Wildman–Crippen LogP) is 2.45. The number of primary amides is 1. The lowest BCUT2D eigenvalue weighted by Gasteiger charge is -2.09. The lowest BCUT2D eigenvalue weighted by atomic mass is 10.2. The van der Waals surface area contributed by atoms with Crippen LogP contribution >= 0.6 is 0 Å². The van der Waals surface area contributed by atoms with Crippen LogP contribution in [0.25, 0.3) is 0 Å². The fourth-order valence-electron chi connectivity index (χ4n) is 1.75. The zero-order valence-electron chi connectivity index (χ0n) is 12.1. The number of nitro benzene ring substituents is 1. The molecule has 0 aromatic heterocycles. The lowest BCUT2D eigenvalue weighted by Crippen LogP contribution is -2.11. The molecule has 0 fully saturated rings. The smallest absolute Gasteiger partial charge is 0.275 e. The predicted molar refractivity (Wildman–Crippen MR) is 80.4 cm³/mol. The summed E-state index contributed by atoms with van der Waals surface area (Å²) >= 11 is 0. The van der Waals surface area contributed by atoms with Crippen LogP contribution in [0.5, 0.6) is 5.75 Å². The molecule has 0 saturated heterocycles. The highest BCUT2D eigenvalue weighted by Crippen LogP contribution is 2.26. The molecule has 0 radical (unpaired) electrons. The number of hydrogen-bond acceptors (Lipinski definition) is 5. The van der Waals surface area contributed by atoms with Gasteiger partial charge in [0.2, 0.25) is 5.91 Å². The van der Waals surface area contributed by atoms with Gasteiger partial charge in [0.15, 0.2) is 0 Å². The van der Waals surface area contributed by atoms with Crippen molar-refractivity contribution in [1.29, 1.82) is 0 Å². The summed E-state index contributed by atoms with van der Waals surface area (Å²) in [5.41, 5.74) is 5.68. The Hall–Kier alpha value is -2.31. The highest BCUT2D eigenvalue weighted by molar-refractivity contribution is 5.73. The van der Waals surface area contributed by atoms with Crippen LogP contribution in [0.2, 0.25) is 0 Å². The first-order valence-corrected chi connectivity index (χ1v) is 6.97. The van der Waals surface area contributed by atoms with Crippen molar-refractivity contribution in [2.45, 2.75) is 32.6 Å². The molecule has 21 heavy (non-hydrogen) atoms. The van der Waals surface area contributed by atoms with Crippen molar-refractivity contribution in [2.24, 2.45) is 5.73 Å². The first-order valence-electron chi connectivity index (χ1n) is 6.97. The molecule has 0 atom stereocenters. The van der Waals surface area contributed by atoms with Crippen LogP contribution in [0, 0.1) is 10.1 Å². The highest BCUT2D eigenvalue weighted by Gasteiger charge is 2.10. The molecule has 0 bridgehead atoms. The number of carbonyl (C=O) groups excluding carboxylic acids is 1. The van der Waals surface area contributed by atoms with Crippen LogP contribution in [0.3, 0.4) is 0 Å². The molecule has 0 unspecified atom stereocenters. The third-order valence-electron chi connectivity index (χ3n) is 2.75. The summed E-state index contributed by atoms with van der Waals surface area (Å²) in [6.45, 7) is 3.09. The third-order valence-corrected chi connectivity index (χ3v) is 2.75. The van der Waals surface area contributed by atoms with Crippen molar-refractivity contribution in [3.05, 3.63) is 28.3 Å². The van der Waals surface area contributed by atoms with Crippen LogP contribution in [0.1, 0.15) is 32.6 Å². The molecule has 7 heteroatoms. The zero-order valence-corrected chi connectivity index (χ0v) is 12.1. The van der Waals surface area contributed by atoms with Crippen LogP contribution in [-0.4, -0.2) is 24.0 Å². The monoisotopic (exact) mass is 295 g/mol. The lowest BCUT2D eigenvalue weighted by molar-refractivity contribution is -0.384. The standard InChI is InChI=1S/C14H21N3O4/c1-2-7-21-13-9-11(8-12(10-13)17(19)20)16-6-4-3-5-14(15)18/h8-10,16H,2-7H2,1H3,(H2,15,18). The minimum Gasteiger partial charge on any atom is -0.493 e. The number of ether oxygens (including phenoxy) is 1. The average molecular weight is 295 g/mol. The average Bonchev–Trinajstić information content (AvgIpc) is 2.44. The van der Waals surface area contributed by atoms with Crippen molar-refractivity contribution < 1.29 is 14.5 Å². The van der Waals surface area contributed by atoms with Crippen molar-refractivity contribution in [3.63, 3.8) is 0 Å². The Morgan fingerprint density at radius 1 is 1.38 bits per heavy atom. The number of unbranched alkanes of at least 4 members (excludes halogenated alkanes) is 1. The molecule has 0 aliphatic rings. The Kier molecular flexibility index (Phi) is 7.00. The molecule has 0 saturated carbocycles. The fraction of sp³-hybridized carbons (Fsp3) is 0.500. The van der Waals surface area contributed by atoms with E-state index in [9.17, 15) is 14.9 Å². The maximum Gasteiger partial charge on any atom is 0.275 e. The van der Waals surface area contributed by atoms with Gasteiger partial charge in [0.1, 0.15) is 5.75 Å². The quantitative estimate of drug-likeness (QED) is 0.391. The topological polar surface area (TPSA) is 107 Å². The molecule has 0 spiro atoms. The van der Waals surface area contributed by atoms with E-state index in [2.05, 4.69) is 5.32 Å². The number of carbonyl (C=O) groups is 1. The summed E-state index contributed by atoms with van der Waals surface area (Å²) in [4.78, 5) is 21.1. The summed E-state index contributed by atoms with van der Waals surface area (Å²) in [6, 6.07) is 4.61. The molecule has 116 valence electrons. The number of nitrogens with zero attached hydrogens (tertiary/aromatic N) is 1. The molecule has 3 N–H and O–H groups in total. The summed E-state index contributed by atoms with van der Waals surface area (Å²) in [7, 11) is 0. The second-order valence-corrected chi connectivity index (χ2v) is 4.67. The van der Waals surface area contributed by atoms with Crippen molar-refractivity contribution in [2.75, 3.05) is 18.5 Å². The largest absolute Gasteiger partial charge is 0.493 e. The van der Waals surface area contributed by atoms with E-state index in [1.54, 1.807) is 6.07 Å². The molecular weight excluding hydrogens is 274 g/mol. The molecular formula is C14H21N3O4. The number of nitrogens with one attached hydrogen (secondary N) is 1. The molecule has 1 amide bonds. The van der Waals surface area contributed by atoms with Gasteiger partial charge in [-0.05, 0) is 19.3 Å². The second kappa shape index (κ2) is 8.78. The number of rotatable bonds is 10. The Morgan fingerprint density at radius 2 is 2.14 bits per heavy atom. The SMILES string of the molecule is CCCOc1cc(NCCCCC(N)=O)cc([N+](=O)[O-])c1. The highest BCUT2D eigenvalue weighted by atomic mass is 16.6.